The van der Waals surface area contributed by atoms with Crippen LogP contribution in [0.4, 0.5) is 0 Å². The predicted molar refractivity (Wildman–Crippen MR) is 55.7 cm³/mol. The predicted octanol–water partition coefficient (Wildman–Crippen LogP) is 2.46. The van der Waals surface area contributed by atoms with E-state index in [-0.39, 0.29) is 11.5 Å². The van der Waals surface area contributed by atoms with Gasteiger partial charge in [0.05, 0.1) is 6.10 Å². The number of hydrogen-bond acceptors (Lipinski definition) is 2. The van der Waals surface area contributed by atoms with Crippen molar-refractivity contribution in [3.8, 4) is 0 Å². The van der Waals surface area contributed by atoms with Crippen LogP contribution >= 0.6 is 0 Å². The summed E-state index contributed by atoms with van der Waals surface area (Å²) in [5.74, 6) is 0.333. The van der Waals surface area contributed by atoms with E-state index in [4.69, 9.17) is 4.74 Å². The summed E-state index contributed by atoms with van der Waals surface area (Å²) in [6.45, 7) is 9.27. The summed E-state index contributed by atoms with van der Waals surface area (Å²) in [5.41, 5.74) is 0.209. The van der Waals surface area contributed by atoms with E-state index in [1.54, 1.807) is 7.11 Å². The normalized spacial score (nSPS) is 17.1. The molecule has 0 bridgehead atoms. The van der Waals surface area contributed by atoms with E-state index in [9.17, 15) is 5.11 Å². The molecule has 80 valence electrons. The van der Waals surface area contributed by atoms with Crippen LogP contribution < -0.4 is 0 Å². The van der Waals surface area contributed by atoms with Gasteiger partial charge in [-0.3, -0.25) is 0 Å². The summed E-state index contributed by atoms with van der Waals surface area (Å²) in [4.78, 5) is 0. The lowest BCUT2D eigenvalue weighted by molar-refractivity contribution is 0.0558. The highest BCUT2D eigenvalue weighted by Crippen LogP contribution is 2.25. The summed E-state index contributed by atoms with van der Waals surface area (Å²) >= 11 is 0. The standard InChI is InChI=1S/C11H24O2/c1-9(6-7-13-5)10(12)8-11(2,3)4/h9-10,12H,6-8H2,1-5H3. The highest BCUT2D eigenvalue weighted by molar-refractivity contribution is 4.72. The van der Waals surface area contributed by atoms with Crippen molar-refractivity contribution in [1.82, 2.24) is 0 Å². The van der Waals surface area contributed by atoms with Crippen molar-refractivity contribution in [1.29, 1.82) is 0 Å². The number of rotatable bonds is 5. The summed E-state index contributed by atoms with van der Waals surface area (Å²) < 4.78 is 4.98. The molecule has 0 aromatic rings. The first-order valence-corrected chi connectivity index (χ1v) is 5.04. The van der Waals surface area contributed by atoms with Crippen molar-refractivity contribution in [3.63, 3.8) is 0 Å². The fourth-order valence-electron chi connectivity index (χ4n) is 1.32. The van der Waals surface area contributed by atoms with Crippen LogP contribution in [-0.4, -0.2) is 24.9 Å². The summed E-state index contributed by atoms with van der Waals surface area (Å²) in [6.07, 6.45) is 1.60. The molecule has 0 amide bonds. The molecule has 0 aromatic carbocycles. The first-order chi connectivity index (χ1) is 5.87. The second-order valence-corrected chi connectivity index (χ2v) is 5.09. The van der Waals surface area contributed by atoms with E-state index in [1.165, 1.54) is 0 Å². The second-order valence-electron chi connectivity index (χ2n) is 5.09. The number of ether oxygens (including phenoxy) is 1. The molecule has 0 radical (unpaired) electrons. The molecule has 2 atom stereocenters. The van der Waals surface area contributed by atoms with Gasteiger partial charge < -0.3 is 9.84 Å². The monoisotopic (exact) mass is 188 g/mol. The Bertz CT molecular complexity index is 127. The highest BCUT2D eigenvalue weighted by atomic mass is 16.5. The van der Waals surface area contributed by atoms with E-state index in [0.717, 1.165) is 19.4 Å². The number of aliphatic hydroxyl groups is 1. The van der Waals surface area contributed by atoms with Crippen LogP contribution in [0.15, 0.2) is 0 Å². The van der Waals surface area contributed by atoms with Crippen LogP contribution in [0.3, 0.4) is 0 Å². The van der Waals surface area contributed by atoms with Gasteiger partial charge in [-0.1, -0.05) is 27.7 Å². The van der Waals surface area contributed by atoms with Crippen LogP contribution in [0.25, 0.3) is 0 Å². The Balaban J connectivity index is 3.75. The maximum atomic E-state index is 9.82. The van der Waals surface area contributed by atoms with Crippen molar-refractivity contribution in [3.05, 3.63) is 0 Å². The third-order valence-corrected chi connectivity index (χ3v) is 2.26. The molecule has 0 aliphatic heterocycles. The van der Waals surface area contributed by atoms with E-state index in [0.29, 0.717) is 5.92 Å². The second kappa shape index (κ2) is 5.61. The Labute approximate surface area is 82.3 Å². The SMILES string of the molecule is COCCC(C)C(O)CC(C)(C)C. The molecule has 2 unspecified atom stereocenters. The van der Waals surface area contributed by atoms with E-state index >= 15 is 0 Å². The topological polar surface area (TPSA) is 29.5 Å². The lowest BCUT2D eigenvalue weighted by Gasteiger charge is -2.26. The molecular formula is C11H24O2. The van der Waals surface area contributed by atoms with Crippen LogP contribution in [0.1, 0.15) is 40.5 Å². The van der Waals surface area contributed by atoms with Gasteiger partial charge in [0.25, 0.3) is 0 Å². The number of hydrogen-bond donors (Lipinski definition) is 1. The maximum Gasteiger partial charge on any atom is 0.0571 e. The van der Waals surface area contributed by atoms with Gasteiger partial charge in [0.15, 0.2) is 0 Å². The summed E-state index contributed by atoms with van der Waals surface area (Å²) in [7, 11) is 1.70. The van der Waals surface area contributed by atoms with Gasteiger partial charge in [-0.15, -0.1) is 0 Å². The van der Waals surface area contributed by atoms with Gasteiger partial charge in [0.1, 0.15) is 0 Å². The first kappa shape index (κ1) is 12.9. The third-order valence-electron chi connectivity index (χ3n) is 2.26. The third kappa shape index (κ3) is 7.03. The van der Waals surface area contributed by atoms with Gasteiger partial charge in [-0.25, -0.2) is 0 Å². The summed E-state index contributed by atoms with van der Waals surface area (Å²) in [5, 5.41) is 9.82. The van der Waals surface area contributed by atoms with Gasteiger partial charge in [0.2, 0.25) is 0 Å². The zero-order valence-electron chi connectivity index (χ0n) is 9.63. The minimum Gasteiger partial charge on any atom is -0.393 e. The van der Waals surface area contributed by atoms with Crippen LogP contribution in [0, 0.1) is 11.3 Å². The molecule has 0 fully saturated rings. The largest absolute Gasteiger partial charge is 0.393 e. The molecule has 2 heteroatoms. The van der Waals surface area contributed by atoms with Crippen molar-refractivity contribution < 1.29 is 9.84 Å². The Hall–Kier alpha value is -0.0800. The lowest BCUT2D eigenvalue weighted by Crippen LogP contribution is -2.24. The smallest absolute Gasteiger partial charge is 0.0571 e. The quantitative estimate of drug-likeness (QED) is 0.718. The zero-order chi connectivity index (χ0) is 10.5. The van der Waals surface area contributed by atoms with Gasteiger partial charge in [0, 0.05) is 13.7 Å². The Morgan fingerprint density at radius 2 is 1.85 bits per heavy atom. The average Bonchev–Trinajstić information content (AvgIpc) is 1.96. The minimum atomic E-state index is -0.199. The minimum absolute atomic E-state index is 0.199. The van der Waals surface area contributed by atoms with Gasteiger partial charge in [-0.05, 0) is 24.2 Å². The first-order valence-electron chi connectivity index (χ1n) is 5.04. The fourth-order valence-corrected chi connectivity index (χ4v) is 1.32. The van der Waals surface area contributed by atoms with E-state index in [1.807, 2.05) is 0 Å². The van der Waals surface area contributed by atoms with Crippen molar-refractivity contribution in [2.75, 3.05) is 13.7 Å². The fraction of sp³-hybridized carbons (Fsp3) is 1.00. The molecule has 0 saturated heterocycles. The molecule has 0 heterocycles. The molecular weight excluding hydrogens is 164 g/mol. The van der Waals surface area contributed by atoms with Crippen molar-refractivity contribution in [2.24, 2.45) is 11.3 Å². The maximum absolute atomic E-state index is 9.82. The lowest BCUT2D eigenvalue weighted by atomic mass is 9.84. The molecule has 0 aliphatic carbocycles. The van der Waals surface area contributed by atoms with Gasteiger partial charge in [-0.2, -0.15) is 0 Å². The molecule has 13 heavy (non-hydrogen) atoms. The molecule has 0 aromatic heterocycles. The number of methoxy groups -OCH3 is 1. The zero-order valence-corrected chi connectivity index (χ0v) is 9.63. The molecule has 0 rings (SSSR count). The van der Waals surface area contributed by atoms with E-state index < -0.39 is 0 Å². The summed E-state index contributed by atoms with van der Waals surface area (Å²) in [6, 6.07) is 0. The molecule has 0 saturated carbocycles. The molecule has 1 N–H and O–H groups in total. The molecule has 2 nitrogen and oxygen atoms in total. The molecule has 0 aliphatic rings. The Kier molecular flexibility index (Phi) is 5.57. The van der Waals surface area contributed by atoms with Crippen LogP contribution in [0.5, 0.6) is 0 Å². The van der Waals surface area contributed by atoms with Crippen LogP contribution in [-0.2, 0) is 4.74 Å². The van der Waals surface area contributed by atoms with Crippen molar-refractivity contribution in [2.45, 2.75) is 46.6 Å². The van der Waals surface area contributed by atoms with Gasteiger partial charge >= 0.3 is 0 Å². The highest BCUT2D eigenvalue weighted by Gasteiger charge is 2.21. The van der Waals surface area contributed by atoms with E-state index in [2.05, 4.69) is 27.7 Å². The van der Waals surface area contributed by atoms with Crippen LogP contribution in [0.2, 0.25) is 0 Å². The molecule has 0 spiro atoms. The van der Waals surface area contributed by atoms with Crippen molar-refractivity contribution >= 4 is 0 Å². The average molecular weight is 188 g/mol. The Morgan fingerprint density at radius 1 is 1.31 bits per heavy atom. The Morgan fingerprint density at radius 3 is 2.23 bits per heavy atom. The number of aliphatic hydroxyl groups excluding tert-OH is 1.